The summed E-state index contributed by atoms with van der Waals surface area (Å²) in [5.41, 5.74) is 0.945. The highest BCUT2D eigenvalue weighted by Gasteiger charge is 2.20. The fourth-order valence-corrected chi connectivity index (χ4v) is 3.11. The molecule has 3 rings (SSSR count). The van der Waals surface area contributed by atoms with Crippen molar-refractivity contribution in [3.63, 3.8) is 0 Å². The molecule has 7 heteroatoms. The zero-order valence-electron chi connectivity index (χ0n) is 13.9. The van der Waals surface area contributed by atoms with Gasteiger partial charge in [0, 0.05) is 0 Å². The maximum atomic E-state index is 12.1. The number of hydrogen-bond acceptors (Lipinski definition) is 5. The van der Waals surface area contributed by atoms with E-state index in [2.05, 4.69) is 20.8 Å². The molecule has 1 aliphatic carbocycles. The van der Waals surface area contributed by atoms with Crippen molar-refractivity contribution in [1.82, 2.24) is 25.5 Å². The van der Waals surface area contributed by atoms with Crippen LogP contribution in [0.1, 0.15) is 49.5 Å². The fourth-order valence-electron chi connectivity index (χ4n) is 3.11. The lowest BCUT2D eigenvalue weighted by molar-refractivity contribution is -0.120. The van der Waals surface area contributed by atoms with Crippen LogP contribution < -0.4 is 10.1 Å². The van der Waals surface area contributed by atoms with Gasteiger partial charge in [-0.25, -0.2) is 4.68 Å². The Morgan fingerprint density at radius 1 is 1.25 bits per heavy atom. The van der Waals surface area contributed by atoms with Gasteiger partial charge in [0.25, 0.3) is 0 Å². The van der Waals surface area contributed by atoms with Crippen LogP contribution in [0, 0.1) is 0 Å². The summed E-state index contributed by atoms with van der Waals surface area (Å²) in [7, 11) is 1.62. The lowest BCUT2D eigenvalue weighted by atomic mass is 9.95. The van der Waals surface area contributed by atoms with Gasteiger partial charge in [-0.05, 0) is 41.0 Å². The molecular weight excluding hydrogens is 306 g/mol. The highest BCUT2D eigenvalue weighted by atomic mass is 16.5. The maximum Gasteiger partial charge on any atom is 0.224 e. The average molecular weight is 329 g/mol. The standard InChI is InChI=1S/C17H23N5O2/c1-24-15-9-7-13(8-10-15)11-17(23)18-12-16-19-20-21-22(16)14-5-3-2-4-6-14/h7-10,14H,2-6,11-12H2,1H3,(H,18,23). The minimum absolute atomic E-state index is 0.0432. The first-order valence-corrected chi connectivity index (χ1v) is 8.42. The van der Waals surface area contributed by atoms with Gasteiger partial charge in [0.05, 0.1) is 26.1 Å². The molecule has 0 unspecified atom stereocenters. The Labute approximate surface area is 141 Å². The molecule has 1 fully saturated rings. The van der Waals surface area contributed by atoms with Crippen molar-refractivity contribution in [2.45, 2.75) is 51.1 Å². The molecule has 1 saturated carbocycles. The minimum Gasteiger partial charge on any atom is -0.497 e. The number of hydrogen-bond donors (Lipinski definition) is 1. The minimum atomic E-state index is -0.0432. The van der Waals surface area contributed by atoms with Crippen LogP contribution in [-0.4, -0.2) is 33.2 Å². The van der Waals surface area contributed by atoms with E-state index in [1.165, 1.54) is 19.3 Å². The number of methoxy groups -OCH3 is 1. The lowest BCUT2D eigenvalue weighted by Gasteiger charge is -2.22. The molecule has 0 aliphatic heterocycles. The first-order chi connectivity index (χ1) is 11.8. The number of nitrogens with zero attached hydrogens (tertiary/aromatic N) is 4. The number of amides is 1. The number of nitrogens with one attached hydrogen (secondary N) is 1. The highest BCUT2D eigenvalue weighted by molar-refractivity contribution is 5.78. The molecule has 24 heavy (non-hydrogen) atoms. The van der Waals surface area contributed by atoms with Crippen molar-refractivity contribution in [2.24, 2.45) is 0 Å². The normalized spacial score (nSPS) is 15.2. The number of aromatic nitrogens is 4. The van der Waals surface area contributed by atoms with Crippen LogP contribution in [0.4, 0.5) is 0 Å². The Morgan fingerprint density at radius 3 is 2.71 bits per heavy atom. The van der Waals surface area contributed by atoms with Crippen molar-refractivity contribution in [3.8, 4) is 5.75 Å². The number of carbonyl (C=O) groups excluding carboxylic acids is 1. The molecule has 1 aromatic heterocycles. The van der Waals surface area contributed by atoms with Crippen LogP contribution in [0.25, 0.3) is 0 Å². The summed E-state index contributed by atoms with van der Waals surface area (Å²) in [6, 6.07) is 7.86. The van der Waals surface area contributed by atoms with E-state index in [0.717, 1.165) is 30.0 Å². The van der Waals surface area contributed by atoms with Gasteiger partial charge < -0.3 is 10.1 Å². The molecule has 0 bridgehead atoms. The molecule has 1 aromatic carbocycles. The summed E-state index contributed by atoms with van der Waals surface area (Å²) < 4.78 is 7.00. The molecule has 0 atom stereocenters. The molecule has 0 radical (unpaired) electrons. The first-order valence-electron chi connectivity index (χ1n) is 8.42. The van der Waals surface area contributed by atoms with Gasteiger partial charge >= 0.3 is 0 Å². The van der Waals surface area contributed by atoms with E-state index in [4.69, 9.17) is 4.74 Å². The van der Waals surface area contributed by atoms with Crippen molar-refractivity contribution in [2.75, 3.05) is 7.11 Å². The molecule has 2 aromatic rings. The number of ether oxygens (including phenoxy) is 1. The SMILES string of the molecule is COc1ccc(CC(=O)NCc2nnnn2C2CCCCC2)cc1. The second-order valence-electron chi connectivity index (χ2n) is 6.13. The molecule has 7 nitrogen and oxygen atoms in total. The quantitative estimate of drug-likeness (QED) is 0.877. The molecule has 128 valence electrons. The van der Waals surface area contributed by atoms with E-state index >= 15 is 0 Å². The number of rotatable bonds is 6. The Morgan fingerprint density at radius 2 is 2.00 bits per heavy atom. The predicted octanol–water partition coefficient (Wildman–Crippen LogP) is 2.05. The Balaban J connectivity index is 1.53. The molecule has 0 saturated heterocycles. The third-order valence-electron chi connectivity index (χ3n) is 4.45. The van der Waals surface area contributed by atoms with Gasteiger partial charge in [-0.1, -0.05) is 31.4 Å². The largest absolute Gasteiger partial charge is 0.497 e. The third-order valence-corrected chi connectivity index (χ3v) is 4.45. The topological polar surface area (TPSA) is 81.9 Å². The van der Waals surface area contributed by atoms with Crippen LogP contribution in [0.3, 0.4) is 0 Å². The molecular formula is C17H23N5O2. The second-order valence-corrected chi connectivity index (χ2v) is 6.13. The summed E-state index contributed by atoms with van der Waals surface area (Å²) in [5, 5.41) is 14.9. The summed E-state index contributed by atoms with van der Waals surface area (Å²) in [4.78, 5) is 12.1. The number of tetrazole rings is 1. The van der Waals surface area contributed by atoms with Crippen molar-refractivity contribution in [3.05, 3.63) is 35.7 Å². The van der Waals surface area contributed by atoms with Crippen LogP contribution >= 0.6 is 0 Å². The van der Waals surface area contributed by atoms with E-state index < -0.39 is 0 Å². The zero-order chi connectivity index (χ0) is 16.8. The lowest BCUT2D eigenvalue weighted by Crippen LogP contribution is -2.27. The first kappa shape index (κ1) is 16.4. The van der Waals surface area contributed by atoms with Crippen LogP contribution in [0.5, 0.6) is 5.75 Å². The van der Waals surface area contributed by atoms with Gasteiger partial charge in [-0.15, -0.1) is 5.10 Å². The third kappa shape index (κ3) is 4.10. The summed E-state index contributed by atoms with van der Waals surface area (Å²) >= 11 is 0. The molecule has 0 spiro atoms. The fraction of sp³-hybridized carbons (Fsp3) is 0.529. The number of carbonyl (C=O) groups is 1. The number of benzene rings is 1. The van der Waals surface area contributed by atoms with Gasteiger partial charge in [0.1, 0.15) is 5.75 Å². The van der Waals surface area contributed by atoms with Crippen molar-refractivity contribution < 1.29 is 9.53 Å². The van der Waals surface area contributed by atoms with Gasteiger partial charge in [-0.2, -0.15) is 0 Å². The molecule has 1 aliphatic rings. The van der Waals surface area contributed by atoms with Crippen LogP contribution in [-0.2, 0) is 17.8 Å². The summed E-state index contributed by atoms with van der Waals surface area (Å²) in [6.45, 7) is 0.360. The van der Waals surface area contributed by atoms with Crippen molar-refractivity contribution >= 4 is 5.91 Å². The summed E-state index contributed by atoms with van der Waals surface area (Å²) in [5.74, 6) is 1.47. The van der Waals surface area contributed by atoms with Gasteiger partial charge in [0.2, 0.25) is 5.91 Å². The van der Waals surface area contributed by atoms with Crippen LogP contribution in [0.2, 0.25) is 0 Å². The Bertz CT molecular complexity index is 662. The highest BCUT2D eigenvalue weighted by Crippen LogP contribution is 2.27. The smallest absolute Gasteiger partial charge is 0.224 e. The Kier molecular flexibility index (Phi) is 5.40. The van der Waals surface area contributed by atoms with E-state index in [0.29, 0.717) is 19.0 Å². The Hall–Kier alpha value is -2.44. The van der Waals surface area contributed by atoms with Gasteiger partial charge in [0.15, 0.2) is 5.82 Å². The van der Waals surface area contributed by atoms with Gasteiger partial charge in [-0.3, -0.25) is 4.79 Å². The monoisotopic (exact) mass is 329 g/mol. The summed E-state index contributed by atoms with van der Waals surface area (Å²) in [6.07, 6.45) is 6.26. The predicted molar refractivity (Wildman–Crippen MR) is 88.5 cm³/mol. The van der Waals surface area contributed by atoms with E-state index in [1.54, 1.807) is 7.11 Å². The van der Waals surface area contributed by atoms with E-state index in [-0.39, 0.29) is 5.91 Å². The molecule has 1 amide bonds. The zero-order valence-corrected chi connectivity index (χ0v) is 13.9. The molecule has 1 heterocycles. The van der Waals surface area contributed by atoms with Crippen LogP contribution in [0.15, 0.2) is 24.3 Å². The second kappa shape index (κ2) is 7.90. The van der Waals surface area contributed by atoms with Crippen molar-refractivity contribution in [1.29, 1.82) is 0 Å². The van der Waals surface area contributed by atoms with E-state index in [1.807, 2.05) is 28.9 Å². The van der Waals surface area contributed by atoms with E-state index in [9.17, 15) is 4.79 Å². The molecule has 1 N–H and O–H groups in total. The average Bonchev–Trinajstić information content (AvgIpc) is 3.10. The maximum absolute atomic E-state index is 12.1.